The van der Waals surface area contributed by atoms with Gasteiger partial charge in [-0.1, -0.05) is 18.2 Å². The highest BCUT2D eigenvalue weighted by molar-refractivity contribution is 5.93. The molecule has 27 heavy (non-hydrogen) atoms. The molecule has 1 aliphatic heterocycles. The van der Waals surface area contributed by atoms with Crippen molar-refractivity contribution in [1.82, 2.24) is 19.8 Å². The Labute approximate surface area is 160 Å². The predicted molar refractivity (Wildman–Crippen MR) is 107 cm³/mol. The zero-order valence-electron chi connectivity index (χ0n) is 16.4. The molecule has 1 saturated heterocycles. The Hall–Kier alpha value is -2.54. The summed E-state index contributed by atoms with van der Waals surface area (Å²) >= 11 is 0. The molecular weight excluding hydrogens is 342 g/mol. The minimum Gasteiger partial charge on any atom is -0.369 e. The summed E-state index contributed by atoms with van der Waals surface area (Å²) in [5.74, 6) is -0.119. The van der Waals surface area contributed by atoms with Gasteiger partial charge in [-0.15, -0.1) is 0 Å². The Balaban J connectivity index is 1.67. The van der Waals surface area contributed by atoms with E-state index in [-0.39, 0.29) is 11.6 Å². The van der Waals surface area contributed by atoms with Gasteiger partial charge in [-0.2, -0.15) is 0 Å². The molecule has 3 rings (SSSR count). The number of benzene rings is 1. The van der Waals surface area contributed by atoms with Gasteiger partial charge in [0.2, 0.25) is 0 Å². The first-order chi connectivity index (χ1) is 13.0. The molecule has 0 atom stereocenters. The number of hydrogen-bond donors (Lipinski definition) is 2. The van der Waals surface area contributed by atoms with Gasteiger partial charge in [-0.25, -0.2) is 4.79 Å². The van der Waals surface area contributed by atoms with E-state index >= 15 is 0 Å². The topological polar surface area (TPSA) is 75.4 Å². The quantitative estimate of drug-likeness (QED) is 0.812. The van der Waals surface area contributed by atoms with Gasteiger partial charge in [0.15, 0.2) is 0 Å². The van der Waals surface area contributed by atoms with Crippen LogP contribution < -0.4 is 10.6 Å². The fourth-order valence-electron chi connectivity index (χ4n) is 3.68. The Bertz CT molecular complexity index is 829. The first-order valence-corrected chi connectivity index (χ1v) is 9.66. The molecule has 146 valence electrons. The molecule has 1 aliphatic rings. The third-order valence-corrected chi connectivity index (χ3v) is 5.28. The van der Waals surface area contributed by atoms with Gasteiger partial charge in [0.05, 0.1) is 5.69 Å². The number of H-pyrrole nitrogens is 2. The van der Waals surface area contributed by atoms with E-state index in [0.717, 1.165) is 26.2 Å². The molecule has 0 saturated carbocycles. The van der Waals surface area contributed by atoms with Gasteiger partial charge in [0.25, 0.3) is 5.91 Å². The normalized spacial score (nSPS) is 15.1. The van der Waals surface area contributed by atoms with Crippen LogP contribution >= 0.6 is 0 Å². The Kier molecular flexibility index (Phi) is 6.01. The van der Waals surface area contributed by atoms with E-state index in [1.165, 1.54) is 11.3 Å². The number of carbonyl (C=O) groups excluding carboxylic acids is 1. The van der Waals surface area contributed by atoms with Crippen molar-refractivity contribution in [2.24, 2.45) is 0 Å². The lowest BCUT2D eigenvalue weighted by Gasteiger charge is -2.36. The molecule has 1 fully saturated rings. The Morgan fingerprint density at radius 3 is 2.37 bits per heavy atom. The van der Waals surface area contributed by atoms with Crippen molar-refractivity contribution in [3.63, 3.8) is 0 Å². The van der Waals surface area contributed by atoms with Crippen LogP contribution in [0.4, 0.5) is 5.69 Å². The maximum absolute atomic E-state index is 12.7. The van der Waals surface area contributed by atoms with Crippen molar-refractivity contribution in [2.75, 3.05) is 44.2 Å². The number of hydrogen-bond acceptors (Lipinski definition) is 4. The molecule has 0 spiro atoms. The number of carbonyl (C=O) groups is 1. The molecule has 0 radical (unpaired) electrons. The molecular formula is C20H29N5O2. The van der Waals surface area contributed by atoms with E-state index in [9.17, 15) is 9.59 Å². The lowest BCUT2D eigenvalue weighted by Crippen LogP contribution is -2.46. The van der Waals surface area contributed by atoms with E-state index in [1.807, 2.05) is 13.8 Å². The molecule has 7 heteroatoms. The fourth-order valence-corrected chi connectivity index (χ4v) is 3.68. The number of imidazole rings is 1. The second kappa shape index (κ2) is 8.43. The number of aryl methyl sites for hydroxylation is 1. The number of nitrogens with zero attached hydrogens (tertiary/aromatic N) is 3. The fraction of sp³-hybridized carbons (Fsp3) is 0.500. The van der Waals surface area contributed by atoms with Crippen LogP contribution in [0.5, 0.6) is 0 Å². The maximum Gasteiger partial charge on any atom is 0.323 e. The number of aromatic nitrogens is 2. The molecule has 2 heterocycles. The van der Waals surface area contributed by atoms with Gasteiger partial charge in [0.1, 0.15) is 5.69 Å². The van der Waals surface area contributed by atoms with Gasteiger partial charge in [0, 0.05) is 51.5 Å². The van der Waals surface area contributed by atoms with Crippen LogP contribution in [0.2, 0.25) is 0 Å². The highest BCUT2D eigenvalue weighted by Crippen LogP contribution is 2.21. The van der Waals surface area contributed by atoms with Crippen LogP contribution in [0.25, 0.3) is 0 Å². The zero-order chi connectivity index (χ0) is 19.4. The summed E-state index contributed by atoms with van der Waals surface area (Å²) in [5, 5.41) is 0. The monoisotopic (exact) mass is 371 g/mol. The van der Waals surface area contributed by atoms with Crippen LogP contribution in [0, 0.1) is 6.92 Å². The van der Waals surface area contributed by atoms with E-state index in [2.05, 4.69) is 51.0 Å². The summed E-state index contributed by atoms with van der Waals surface area (Å²) in [6.45, 7) is 11.5. The molecule has 7 nitrogen and oxygen atoms in total. The number of amides is 1. The standard InChI is InChI=1S/C20H29N5O2/c1-4-24(5-2)19(26)18-16(21-20(27)22-18)14-23-10-12-25(13-11-23)17-9-7-6-8-15(17)3/h6-9H,4-5,10-14H2,1-3H3,(H2,21,22,27). The third kappa shape index (κ3) is 4.24. The molecule has 0 aliphatic carbocycles. The number of rotatable bonds is 6. The van der Waals surface area contributed by atoms with Crippen molar-refractivity contribution in [2.45, 2.75) is 27.3 Å². The van der Waals surface area contributed by atoms with Crippen molar-refractivity contribution in [3.8, 4) is 0 Å². The number of aromatic amines is 2. The lowest BCUT2D eigenvalue weighted by atomic mass is 10.1. The predicted octanol–water partition coefficient (Wildman–Crippen LogP) is 1.82. The molecule has 0 unspecified atom stereocenters. The highest BCUT2D eigenvalue weighted by Gasteiger charge is 2.23. The van der Waals surface area contributed by atoms with Crippen LogP contribution in [-0.4, -0.2) is 64.9 Å². The van der Waals surface area contributed by atoms with Crippen LogP contribution in [0.3, 0.4) is 0 Å². The summed E-state index contributed by atoms with van der Waals surface area (Å²) in [7, 11) is 0. The number of para-hydroxylation sites is 1. The van der Waals surface area contributed by atoms with Gasteiger partial charge < -0.3 is 19.8 Å². The molecule has 2 aromatic rings. The minimum absolute atomic E-state index is 0.119. The average Bonchev–Trinajstić information content (AvgIpc) is 3.04. The Morgan fingerprint density at radius 1 is 1.07 bits per heavy atom. The first kappa shape index (κ1) is 19.2. The minimum atomic E-state index is -0.320. The maximum atomic E-state index is 12.7. The second-order valence-corrected chi connectivity index (χ2v) is 6.96. The smallest absolute Gasteiger partial charge is 0.323 e. The van der Waals surface area contributed by atoms with Crippen molar-refractivity contribution in [3.05, 3.63) is 51.7 Å². The molecule has 0 bridgehead atoms. The van der Waals surface area contributed by atoms with Gasteiger partial charge in [-0.05, 0) is 32.4 Å². The molecule has 1 aromatic heterocycles. The number of piperazine rings is 1. The second-order valence-electron chi connectivity index (χ2n) is 6.96. The van der Waals surface area contributed by atoms with Gasteiger partial charge >= 0.3 is 5.69 Å². The van der Waals surface area contributed by atoms with E-state index in [4.69, 9.17) is 0 Å². The van der Waals surface area contributed by atoms with Gasteiger partial charge in [-0.3, -0.25) is 9.69 Å². The lowest BCUT2D eigenvalue weighted by molar-refractivity contribution is 0.0765. The number of nitrogens with one attached hydrogen (secondary N) is 2. The van der Waals surface area contributed by atoms with E-state index < -0.39 is 0 Å². The highest BCUT2D eigenvalue weighted by atomic mass is 16.2. The van der Waals surface area contributed by atoms with Crippen molar-refractivity contribution < 1.29 is 4.79 Å². The zero-order valence-corrected chi connectivity index (χ0v) is 16.4. The molecule has 1 aromatic carbocycles. The Morgan fingerprint density at radius 2 is 1.74 bits per heavy atom. The van der Waals surface area contributed by atoms with Crippen molar-refractivity contribution >= 4 is 11.6 Å². The van der Waals surface area contributed by atoms with Crippen molar-refractivity contribution in [1.29, 1.82) is 0 Å². The van der Waals surface area contributed by atoms with Crippen LogP contribution in [0.15, 0.2) is 29.1 Å². The van der Waals surface area contributed by atoms with Crippen LogP contribution in [0.1, 0.15) is 35.6 Å². The average molecular weight is 371 g/mol. The summed E-state index contributed by atoms with van der Waals surface area (Å²) in [6.07, 6.45) is 0. The summed E-state index contributed by atoms with van der Waals surface area (Å²) < 4.78 is 0. The van der Waals surface area contributed by atoms with E-state index in [0.29, 0.717) is 31.0 Å². The summed E-state index contributed by atoms with van der Waals surface area (Å²) in [4.78, 5) is 36.4. The summed E-state index contributed by atoms with van der Waals surface area (Å²) in [5.41, 5.74) is 3.32. The molecule has 1 amide bonds. The SMILES string of the molecule is CCN(CC)C(=O)c1[nH]c(=O)[nH]c1CN1CCN(c2ccccc2C)CC1. The summed E-state index contributed by atoms with van der Waals surface area (Å²) in [6, 6.07) is 8.43. The first-order valence-electron chi connectivity index (χ1n) is 9.66. The third-order valence-electron chi connectivity index (χ3n) is 5.28. The van der Waals surface area contributed by atoms with E-state index in [1.54, 1.807) is 4.90 Å². The largest absolute Gasteiger partial charge is 0.369 e. The molecule has 2 N–H and O–H groups in total. The number of anilines is 1. The van der Waals surface area contributed by atoms with Crippen LogP contribution in [-0.2, 0) is 6.54 Å².